The first-order valence-corrected chi connectivity index (χ1v) is 24.7. The zero-order chi connectivity index (χ0) is 46.3. The Hall–Kier alpha value is -9.32. The molecule has 0 N–H and O–H groups in total. The van der Waals surface area contributed by atoms with E-state index in [0.29, 0.717) is 0 Å². The van der Waals surface area contributed by atoms with Gasteiger partial charge in [-0.25, -0.2) is 0 Å². The van der Waals surface area contributed by atoms with E-state index >= 15 is 0 Å². The number of benzene rings is 10. The van der Waals surface area contributed by atoms with Crippen LogP contribution in [0.15, 0.2) is 231 Å². The van der Waals surface area contributed by atoms with E-state index in [1.54, 1.807) is 0 Å². The van der Waals surface area contributed by atoms with Gasteiger partial charge in [-0.3, -0.25) is 0 Å². The SMILES string of the molecule is C1=Cc2c(c3c(ccc4c5ccccc5n(-c5ccccc5)c43)n2-c2cccc(-n3c4ccccc4c4ccc5c6ccccc6n(-c6cccc(-n7c8ccccc8c8ccccc87)c6)c5c43)c2)CC1. The summed E-state index contributed by atoms with van der Waals surface area (Å²) >= 11 is 0. The number of para-hydroxylation sites is 6. The predicted molar refractivity (Wildman–Crippen MR) is 298 cm³/mol. The Labute approximate surface area is 408 Å². The summed E-state index contributed by atoms with van der Waals surface area (Å²) in [7, 11) is 0. The van der Waals surface area contributed by atoms with Crippen LogP contribution in [-0.2, 0) is 6.42 Å². The summed E-state index contributed by atoms with van der Waals surface area (Å²) in [6.45, 7) is 0. The Morgan fingerprint density at radius 3 is 1.17 bits per heavy atom. The second-order valence-electron chi connectivity index (χ2n) is 19.2. The fraction of sp³-hybridized carbons (Fsp3) is 0.0303. The van der Waals surface area contributed by atoms with Gasteiger partial charge in [-0.2, -0.15) is 0 Å². The lowest BCUT2D eigenvalue weighted by molar-refractivity contribution is 0.966. The third-order valence-corrected chi connectivity index (χ3v) is 15.5. The molecular formula is C66H43N5. The van der Waals surface area contributed by atoms with E-state index in [4.69, 9.17) is 0 Å². The largest absolute Gasteiger partial charge is 0.309 e. The molecule has 332 valence electrons. The molecule has 71 heavy (non-hydrogen) atoms. The minimum absolute atomic E-state index is 0.984. The first-order chi connectivity index (χ1) is 35.3. The monoisotopic (exact) mass is 905 g/mol. The van der Waals surface area contributed by atoms with Crippen molar-refractivity contribution in [3.8, 4) is 28.4 Å². The molecule has 0 radical (unpaired) electrons. The number of allylic oxidation sites excluding steroid dienone is 1. The number of hydrogen-bond acceptors (Lipinski definition) is 0. The van der Waals surface area contributed by atoms with Gasteiger partial charge in [0.15, 0.2) is 0 Å². The van der Waals surface area contributed by atoms with Crippen molar-refractivity contribution in [2.45, 2.75) is 12.8 Å². The Kier molecular flexibility index (Phi) is 7.94. The molecule has 5 heteroatoms. The topological polar surface area (TPSA) is 24.6 Å². The molecule has 0 spiro atoms. The third kappa shape index (κ3) is 5.29. The molecule has 0 saturated heterocycles. The van der Waals surface area contributed by atoms with Gasteiger partial charge in [-0.15, -0.1) is 0 Å². The summed E-state index contributed by atoms with van der Waals surface area (Å²) in [4.78, 5) is 0. The van der Waals surface area contributed by atoms with E-state index in [9.17, 15) is 0 Å². The molecule has 5 aromatic heterocycles. The van der Waals surface area contributed by atoms with Crippen molar-refractivity contribution in [1.29, 1.82) is 0 Å². The van der Waals surface area contributed by atoms with Gasteiger partial charge in [0.1, 0.15) is 0 Å². The second kappa shape index (κ2) is 14.6. The Bertz CT molecular complexity index is 4700. The summed E-state index contributed by atoms with van der Waals surface area (Å²) < 4.78 is 12.5. The molecule has 0 bridgehead atoms. The molecule has 0 unspecified atom stereocenters. The van der Waals surface area contributed by atoms with Gasteiger partial charge in [0.2, 0.25) is 0 Å². The van der Waals surface area contributed by atoms with Crippen LogP contribution in [-0.4, -0.2) is 22.8 Å². The van der Waals surface area contributed by atoms with Gasteiger partial charge in [0.25, 0.3) is 0 Å². The number of aryl methyl sites for hydroxylation is 1. The Morgan fingerprint density at radius 2 is 0.648 bits per heavy atom. The van der Waals surface area contributed by atoms with E-state index in [-0.39, 0.29) is 0 Å². The van der Waals surface area contributed by atoms with Crippen LogP contribution in [0, 0.1) is 0 Å². The second-order valence-corrected chi connectivity index (χ2v) is 19.2. The lowest BCUT2D eigenvalue weighted by Gasteiger charge is -2.16. The maximum atomic E-state index is 2.53. The molecule has 0 aliphatic heterocycles. The minimum Gasteiger partial charge on any atom is -0.309 e. The fourth-order valence-corrected chi connectivity index (χ4v) is 12.7. The molecule has 10 aromatic carbocycles. The number of fused-ring (bicyclic) bond motifs is 17. The van der Waals surface area contributed by atoms with Crippen LogP contribution >= 0.6 is 0 Å². The smallest absolute Gasteiger partial charge is 0.0788 e. The van der Waals surface area contributed by atoms with Crippen molar-refractivity contribution < 1.29 is 0 Å². The van der Waals surface area contributed by atoms with Crippen molar-refractivity contribution in [2.24, 2.45) is 0 Å². The van der Waals surface area contributed by atoms with Crippen molar-refractivity contribution in [3.63, 3.8) is 0 Å². The average molecular weight is 906 g/mol. The molecule has 5 nitrogen and oxygen atoms in total. The van der Waals surface area contributed by atoms with Crippen molar-refractivity contribution in [2.75, 3.05) is 0 Å². The van der Waals surface area contributed by atoms with Crippen LogP contribution in [0.1, 0.15) is 17.7 Å². The van der Waals surface area contributed by atoms with Gasteiger partial charge in [0, 0.05) is 82.6 Å². The maximum absolute atomic E-state index is 2.53. The lowest BCUT2D eigenvalue weighted by atomic mass is 9.99. The van der Waals surface area contributed by atoms with Crippen LogP contribution in [0.4, 0.5) is 0 Å². The molecule has 15 aromatic rings. The highest BCUT2D eigenvalue weighted by Crippen LogP contribution is 2.45. The van der Waals surface area contributed by atoms with Crippen LogP contribution in [0.2, 0.25) is 0 Å². The van der Waals surface area contributed by atoms with Gasteiger partial charge in [-0.05, 0) is 109 Å². The molecule has 5 heterocycles. The van der Waals surface area contributed by atoms with E-state index in [2.05, 4.69) is 259 Å². The first kappa shape index (κ1) is 38.6. The molecule has 0 amide bonds. The van der Waals surface area contributed by atoms with Crippen LogP contribution in [0.5, 0.6) is 0 Å². The van der Waals surface area contributed by atoms with E-state index < -0.39 is 0 Å². The van der Waals surface area contributed by atoms with E-state index in [1.165, 1.54) is 115 Å². The number of nitrogens with zero attached hydrogens (tertiary/aromatic N) is 5. The van der Waals surface area contributed by atoms with E-state index in [1.807, 2.05) is 0 Å². The zero-order valence-corrected chi connectivity index (χ0v) is 38.7. The fourth-order valence-electron chi connectivity index (χ4n) is 12.7. The summed E-state index contributed by atoms with van der Waals surface area (Å²) in [6.07, 6.45) is 6.71. The molecule has 0 fully saturated rings. The molecule has 0 saturated carbocycles. The van der Waals surface area contributed by atoms with Gasteiger partial charge < -0.3 is 22.8 Å². The van der Waals surface area contributed by atoms with Crippen molar-refractivity contribution in [1.82, 2.24) is 22.8 Å². The number of hydrogen-bond donors (Lipinski definition) is 0. The van der Waals surface area contributed by atoms with Gasteiger partial charge >= 0.3 is 0 Å². The molecule has 0 atom stereocenters. The Morgan fingerprint density at radius 1 is 0.268 bits per heavy atom. The Balaban J connectivity index is 0.968. The average Bonchev–Trinajstić information content (AvgIpc) is 4.24. The zero-order valence-electron chi connectivity index (χ0n) is 38.7. The van der Waals surface area contributed by atoms with Crippen molar-refractivity contribution >= 4 is 104 Å². The third-order valence-electron chi connectivity index (χ3n) is 15.5. The molecular weight excluding hydrogens is 863 g/mol. The van der Waals surface area contributed by atoms with Gasteiger partial charge in [0.05, 0.1) is 49.7 Å². The first-order valence-electron chi connectivity index (χ1n) is 24.7. The maximum Gasteiger partial charge on any atom is 0.0788 e. The molecule has 1 aliphatic rings. The molecule has 16 rings (SSSR count). The summed E-state index contributed by atoms with van der Waals surface area (Å²) in [5, 5.41) is 11.3. The number of aromatic nitrogens is 5. The number of rotatable bonds is 5. The lowest BCUT2D eigenvalue weighted by Crippen LogP contribution is -2.03. The highest BCUT2D eigenvalue weighted by atomic mass is 15.1. The standard InChI is InChI=1S/C66H43N5/c1-2-18-42(19-3-1)69-58-32-12-6-26-49(58)52-38-39-62-63(64(52)69)55-29-9-15-35-61(55)68(62)44-21-17-23-46(41-44)71-60-34-14-8-28-51(60)54-37-36-53-50-27-7-13-33-59(50)70(65(53)66(54)71)45-22-16-20-43(40-45)67-56-30-10-4-24-47(56)48-25-5-11-31-57(48)67/h1-8,10-28,30-41H,9,29H2. The highest BCUT2D eigenvalue weighted by molar-refractivity contribution is 6.24. The minimum atomic E-state index is 0.984. The summed E-state index contributed by atoms with van der Waals surface area (Å²) in [5.41, 5.74) is 19.2. The highest BCUT2D eigenvalue weighted by Gasteiger charge is 2.26. The van der Waals surface area contributed by atoms with E-state index in [0.717, 1.165) is 35.6 Å². The summed E-state index contributed by atoms with van der Waals surface area (Å²) in [6, 6.07) is 83.0. The van der Waals surface area contributed by atoms with Crippen molar-refractivity contribution in [3.05, 3.63) is 242 Å². The predicted octanol–water partition coefficient (Wildman–Crippen LogP) is 17.0. The quantitative estimate of drug-likeness (QED) is 0.164. The van der Waals surface area contributed by atoms with Crippen LogP contribution < -0.4 is 0 Å². The van der Waals surface area contributed by atoms with Crippen LogP contribution in [0.25, 0.3) is 133 Å². The molecule has 1 aliphatic carbocycles. The van der Waals surface area contributed by atoms with Crippen LogP contribution in [0.3, 0.4) is 0 Å². The normalized spacial score (nSPS) is 12.9. The van der Waals surface area contributed by atoms with Gasteiger partial charge in [-0.1, -0.05) is 146 Å². The summed E-state index contributed by atoms with van der Waals surface area (Å²) in [5.74, 6) is 0.